The summed E-state index contributed by atoms with van der Waals surface area (Å²) in [7, 11) is 0. The van der Waals surface area contributed by atoms with Crippen LogP contribution in [-0.4, -0.2) is 18.7 Å². The Labute approximate surface area is 172 Å². The van der Waals surface area contributed by atoms with Crippen LogP contribution in [-0.2, 0) is 9.53 Å². The summed E-state index contributed by atoms with van der Waals surface area (Å²) in [5.74, 6) is 0.463. The van der Waals surface area contributed by atoms with E-state index in [-0.39, 0.29) is 39.9 Å². The summed E-state index contributed by atoms with van der Waals surface area (Å²) in [6.45, 7) is 6.53. The van der Waals surface area contributed by atoms with E-state index in [0.29, 0.717) is 0 Å². The molecule has 27 heavy (non-hydrogen) atoms. The van der Waals surface area contributed by atoms with Crippen LogP contribution in [0.1, 0.15) is 48.8 Å². The third-order valence-electron chi connectivity index (χ3n) is 4.81. The number of rotatable bonds is 6. The Morgan fingerprint density at radius 2 is 1.63 bits per heavy atom. The molecule has 0 amide bonds. The predicted octanol–water partition coefficient (Wildman–Crippen LogP) is 1.99. The van der Waals surface area contributed by atoms with E-state index >= 15 is 0 Å². The van der Waals surface area contributed by atoms with Gasteiger partial charge in [-0.3, -0.25) is 0 Å². The minimum atomic E-state index is -0.260. The van der Waals surface area contributed by atoms with Crippen molar-refractivity contribution in [3.8, 4) is 5.75 Å². The quantitative estimate of drug-likeness (QED) is 0.470. The second kappa shape index (κ2) is 9.58. The van der Waals surface area contributed by atoms with Crippen LogP contribution in [0.5, 0.6) is 5.75 Å². The molecule has 0 unspecified atom stereocenters. The molecule has 4 heteroatoms. The van der Waals surface area contributed by atoms with Crippen LogP contribution in [0.4, 0.5) is 0 Å². The third kappa shape index (κ3) is 5.96. The molecule has 0 N–H and O–H groups in total. The zero-order chi connectivity index (χ0) is 19.2. The third-order valence-corrected chi connectivity index (χ3v) is 8.39. The number of aryl methyl sites for hydroxylation is 3. The van der Waals surface area contributed by atoms with Gasteiger partial charge in [0.2, 0.25) is 0 Å². The molecule has 0 saturated heterocycles. The van der Waals surface area contributed by atoms with Crippen LogP contribution in [0, 0.1) is 27.9 Å². The van der Waals surface area contributed by atoms with E-state index in [4.69, 9.17) is 9.47 Å². The molecule has 1 saturated carbocycles. The van der Waals surface area contributed by atoms with Crippen LogP contribution < -0.4 is 25.9 Å². The van der Waals surface area contributed by atoms with Crippen LogP contribution >= 0.6 is 0 Å². The predicted molar refractivity (Wildman–Crippen MR) is 103 cm³/mol. The van der Waals surface area contributed by atoms with Crippen LogP contribution in [0.25, 0.3) is 0 Å². The van der Waals surface area contributed by atoms with E-state index in [2.05, 4.69) is 45.0 Å². The Hall–Kier alpha value is -1.56. The molecule has 0 bridgehead atoms. The standard InChI is InChI=1S/C23H28IO3/c1-16-13-17(2)23(18(3)14-16)24-19-9-11-20(12-10-19)26-15-22(25)27-21-7-5-4-6-8-21/h9-14,21H,4-8,15H2,1-3H3/q-1. The fourth-order valence-electron chi connectivity index (χ4n) is 3.56. The van der Waals surface area contributed by atoms with Gasteiger partial charge in [0.05, 0.1) is 0 Å². The molecule has 0 atom stereocenters. The van der Waals surface area contributed by atoms with Crippen molar-refractivity contribution in [1.29, 1.82) is 0 Å². The minimum absolute atomic E-state index is 0.0128. The summed E-state index contributed by atoms with van der Waals surface area (Å²) in [5, 5.41) is 0. The van der Waals surface area contributed by atoms with E-state index in [0.717, 1.165) is 31.4 Å². The molecule has 146 valence electrons. The first kappa shape index (κ1) is 20.2. The van der Waals surface area contributed by atoms with Gasteiger partial charge in [0.15, 0.2) is 0 Å². The van der Waals surface area contributed by atoms with Crippen molar-refractivity contribution < 1.29 is 35.5 Å². The topological polar surface area (TPSA) is 35.5 Å². The van der Waals surface area contributed by atoms with E-state index < -0.39 is 0 Å². The molecule has 0 aromatic heterocycles. The Morgan fingerprint density at radius 1 is 1.00 bits per heavy atom. The van der Waals surface area contributed by atoms with Crippen LogP contribution in [0.3, 0.4) is 0 Å². The average Bonchev–Trinajstić information content (AvgIpc) is 2.65. The summed E-state index contributed by atoms with van der Waals surface area (Å²) in [6.07, 6.45) is 5.63. The molecule has 0 aliphatic heterocycles. The number of halogens is 1. The fraction of sp³-hybridized carbons (Fsp3) is 0.435. The molecular formula is C23H28IO3-. The molecule has 1 aliphatic rings. The van der Waals surface area contributed by atoms with Gasteiger partial charge in [0.25, 0.3) is 0 Å². The Balaban J connectivity index is 1.52. The first-order chi connectivity index (χ1) is 13.0. The maximum atomic E-state index is 12.0. The molecule has 1 aliphatic carbocycles. The van der Waals surface area contributed by atoms with Gasteiger partial charge in [-0.2, -0.15) is 0 Å². The summed E-state index contributed by atoms with van der Waals surface area (Å²) >= 11 is -0.223. The molecule has 3 rings (SSSR count). The SMILES string of the molecule is Cc1cc(C)c([I-]c2ccc(OCC(=O)OC3CCCCC3)cc2)c(C)c1. The number of esters is 1. The van der Waals surface area contributed by atoms with Gasteiger partial charge in [-0.25, -0.2) is 0 Å². The Morgan fingerprint density at radius 3 is 2.26 bits per heavy atom. The zero-order valence-corrected chi connectivity index (χ0v) is 18.5. The van der Waals surface area contributed by atoms with Crippen molar-refractivity contribution in [2.75, 3.05) is 6.61 Å². The van der Waals surface area contributed by atoms with Crippen molar-refractivity contribution in [2.45, 2.75) is 59.0 Å². The maximum absolute atomic E-state index is 12.0. The number of ether oxygens (including phenoxy) is 2. The molecule has 2 aromatic carbocycles. The second-order valence-corrected chi connectivity index (χ2v) is 10.2. The van der Waals surface area contributed by atoms with E-state index in [1.54, 1.807) is 0 Å². The van der Waals surface area contributed by atoms with Crippen molar-refractivity contribution in [3.05, 3.63) is 60.2 Å². The fourth-order valence-corrected chi connectivity index (χ4v) is 6.06. The van der Waals surface area contributed by atoms with Crippen molar-refractivity contribution in [3.63, 3.8) is 0 Å². The molecular weight excluding hydrogens is 451 g/mol. The Bertz CT molecular complexity index is 754. The van der Waals surface area contributed by atoms with E-state index in [1.807, 2.05) is 12.1 Å². The second-order valence-electron chi connectivity index (χ2n) is 7.30. The molecule has 3 nitrogen and oxygen atoms in total. The van der Waals surface area contributed by atoms with Crippen LogP contribution in [0.15, 0.2) is 36.4 Å². The monoisotopic (exact) mass is 479 g/mol. The number of carbonyl (C=O) groups is 1. The number of hydrogen-bond donors (Lipinski definition) is 0. The van der Waals surface area contributed by atoms with Crippen LogP contribution in [0.2, 0.25) is 0 Å². The molecule has 0 radical (unpaired) electrons. The summed E-state index contributed by atoms with van der Waals surface area (Å²) < 4.78 is 13.9. The number of benzene rings is 2. The number of carbonyl (C=O) groups excluding carboxylic acids is 1. The molecule has 0 heterocycles. The Kier molecular flexibility index (Phi) is 7.16. The van der Waals surface area contributed by atoms with Gasteiger partial charge in [-0.05, 0) is 0 Å². The molecule has 1 fully saturated rings. The first-order valence-electron chi connectivity index (χ1n) is 9.66. The van der Waals surface area contributed by atoms with Crippen molar-refractivity contribution in [1.82, 2.24) is 0 Å². The number of hydrogen-bond acceptors (Lipinski definition) is 3. The summed E-state index contributed by atoms with van der Waals surface area (Å²) in [6, 6.07) is 12.7. The zero-order valence-electron chi connectivity index (χ0n) is 16.4. The van der Waals surface area contributed by atoms with Crippen molar-refractivity contribution in [2.24, 2.45) is 0 Å². The van der Waals surface area contributed by atoms with Gasteiger partial charge in [-0.1, -0.05) is 0 Å². The summed E-state index contributed by atoms with van der Waals surface area (Å²) in [5.41, 5.74) is 4.08. The van der Waals surface area contributed by atoms with Gasteiger partial charge >= 0.3 is 173 Å². The van der Waals surface area contributed by atoms with Gasteiger partial charge in [0.1, 0.15) is 0 Å². The van der Waals surface area contributed by atoms with Gasteiger partial charge in [0, 0.05) is 0 Å². The van der Waals surface area contributed by atoms with Gasteiger partial charge < -0.3 is 0 Å². The van der Waals surface area contributed by atoms with Gasteiger partial charge in [-0.15, -0.1) is 0 Å². The van der Waals surface area contributed by atoms with E-state index in [9.17, 15) is 4.79 Å². The molecule has 2 aromatic rings. The summed E-state index contributed by atoms with van der Waals surface area (Å²) in [4.78, 5) is 12.0. The normalized spacial score (nSPS) is 14.9. The van der Waals surface area contributed by atoms with Crippen molar-refractivity contribution >= 4 is 5.97 Å². The average molecular weight is 479 g/mol. The first-order valence-corrected chi connectivity index (χ1v) is 11.8. The van der Waals surface area contributed by atoms with E-state index in [1.165, 1.54) is 30.3 Å². The molecule has 0 spiro atoms.